The Balaban J connectivity index is 1.60. The Labute approximate surface area is 193 Å². The second kappa shape index (κ2) is 11.7. The fourth-order valence-corrected chi connectivity index (χ4v) is 2.85. The van der Waals surface area contributed by atoms with Crippen LogP contribution >= 0.6 is 0 Å². The van der Waals surface area contributed by atoms with Crippen molar-refractivity contribution in [3.05, 3.63) is 83.7 Å². The first-order valence-corrected chi connectivity index (χ1v) is 10.8. The summed E-state index contributed by atoms with van der Waals surface area (Å²) in [5.74, 6) is -1.31. The van der Waals surface area contributed by atoms with Crippen molar-refractivity contribution in [3.63, 3.8) is 0 Å². The van der Waals surface area contributed by atoms with Crippen molar-refractivity contribution in [1.29, 1.82) is 0 Å². The van der Waals surface area contributed by atoms with Gasteiger partial charge in [0.1, 0.15) is 5.82 Å². The molecule has 0 aliphatic heterocycles. The number of unbranched alkanes of at least 4 members (excludes halogenated alkanes) is 1. The Kier molecular flexibility index (Phi) is 8.41. The molecule has 0 saturated heterocycles. The molecule has 0 amide bonds. The first-order chi connectivity index (χ1) is 16.0. The van der Waals surface area contributed by atoms with Gasteiger partial charge in [-0.15, -0.1) is 0 Å². The first-order valence-electron chi connectivity index (χ1n) is 10.8. The maximum Gasteiger partial charge on any atom is 0.341 e. The summed E-state index contributed by atoms with van der Waals surface area (Å²) in [6, 6.07) is 19.3. The Morgan fingerprint density at radius 2 is 1.55 bits per heavy atom. The van der Waals surface area contributed by atoms with Crippen LogP contribution in [0.15, 0.2) is 82.0 Å². The van der Waals surface area contributed by atoms with Gasteiger partial charge in [-0.3, -0.25) is 4.99 Å². The van der Waals surface area contributed by atoms with Crippen LogP contribution in [-0.4, -0.2) is 32.9 Å². The topological polar surface area (TPSA) is 66.6 Å². The number of azo groups is 1. The van der Waals surface area contributed by atoms with E-state index in [2.05, 4.69) is 15.2 Å². The minimum atomic E-state index is -0.658. The third-order valence-electron chi connectivity index (χ3n) is 4.81. The number of aliphatic imine (C=N–C) groups is 1. The molecule has 6 nitrogen and oxygen atoms in total. The van der Waals surface area contributed by atoms with Gasteiger partial charge < -0.3 is 9.64 Å². The third-order valence-corrected chi connectivity index (χ3v) is 4.81. The summed E-state index contributed by atoms with van der Waals surface area (Å²) in [6.07, 6.45) is 3.27. The van der Waals surface area contributed by atoms with Crippen molar-refractivity contribution in [3.8, 4) is 0 Å². The highest BCUT2D eigenvalue weighted by Gasteiger charge is 2.13. The Morgan fingerprint density at radius 3 is 2.12 bits per heavy atom. The first kappa shape index (κ1) is 23.8. The minimum absolute atomic E-state index is 0.0869. The molecule has 0 unspecified atom stereocenters. The summed E-state index contributed by atoms with van der Waals surface area (Å²) in [5.41, 5.74) is 3.72. The fraction of sp³-hybridized carbons (Fsp3) is 0.231. The smallest absolute Gasteiger partial charge is 0.341 e. The average molecular weight is 447 g/mol. The van der Waals surface area contributed by atoms with Gasteiger partial charge in [0.25, 0.3) is 0 Å². The summed E-state index contributed by atoms with van der Waals surface area (Å²) >= 11 is 0. The maximum absolute atomic E-state index is 14.3. The molecular weight excluding hydrogens is 419 g/mol. The molecule has 0 spiro atoms. The van der Waals surface area contributed by atoms with Gasteiger partial charge in [-0.1, -0.05) is 25.5 Å². The Bertz CT molecular complexity index is 1120. The molecule has 0 aliphatic carbocycles. The molecule has 33 heavy (non-hydrogen) atoms. The second-order valence-corrected chi connectivity index (χ2v) is 7.61. The predicted octanol–water partition coefficient (Wildman–Crippen LogP) is 7.01. The van der Waals surface area contributed by atoms with Crippen LogP contribution in [0, 0.1) is 5.82 Å². The summed E-state index contributed by atoms with van der Waals surface area (Å²) in [4.78, 5) is 18.2. The van der Waals surface area contributed by atoms with Crippen molar-refractivity contribution in [1.82, 2.24) is 0 Å². The van der Waals surface area contributed by atoms with Gasteiger partial charge in [0.2, 0.25) is 0 Å². The number of hydrogen-bond acceptors (Lipinski definition) is 6. The SMILES string of the molecule is CCCCOC(=O)c1ccc(N=Cc2ccc(N=Nc3ccc(N(C)C)cc3)cc2)cc1F. The van der Waals surface area contributed by atoms with Crippen LogP contribution in [0.25, 0.3) is 0 Å². The minimum Gasteiger partial charge on any atom is -0.462 e. The second-order valence-electron chi connectivity index (χ2n) is 7.61. The molecule has 0 atom stereocenters. The van der Waals surface area contributed by atoms with Gasteiger partial charge in [0.15, 0.2) is 0 Å². The molecule has 170 valence electrons. The van der Waals surface area contributed by atoms with Gasteiger partial charge in [0, 0.05) is 32.1 Å². The predicted molar refractivity (Wildman–Crippen MR) is 130 cm³/mol. The number of benzene rings is 3. The third kappa shape index (κ3) is 7.07. The number of esters is 1. The highest BCUT2D eigenvalue weighted by molar-refractivity contribution is 5.90. The number of hydrogen-bond donors (Lipinski definition) is 0. The van der Waals surface area contributed by atoms with Crippen LogP contribution in [-0.2, 0) is 4.74 Å². The largest absolute Gasteiger partial charge is 0.462 e. The van der Waals surface area contributed by atoms with E-state index in [4.69, 9.17) is 4.74 Å². The van der Waals surface area contributed by atoms with Gasteiger partial charge >= 0.3 is 5.97 Å². The summed E-state index contributed by atoms with van der Waals surface area (Å²) < 4.78 is 19.3. The fourth-order valence-electron chi connectivity index (χ4n) is 2.85. The molecule has 0 N–H and O–H groups in total. The molecule has 7 heteroatoms. The molecule has 3 aromatic rings. The van der Waals surface area contributed by atoms with Crippen molar-refractivity contribution >= 4 is 34.9 Å². The van der Waals surface area contributed by atoms with Crippen molar-refractivity contribution in [2.45, 2.75) is 19.8 Å². The number of anilines is 1. The molecular formula is C26H27FN4O2. The number of ether oxygens (including phenoxy) is 1. The van der Waals surface area contributed by atoms with E-state index in [-0.39, 0.29) is 12.2 Å². The number of carbonyl (C=O) groups excluding carboxylic acids is 1. The standard InChI is InChI=1S/C26H27FN4O2/c1-4-5-16-33-26(32)24-15-12-22(17-25(24)27)28-18-19-6-8-20(9-7-19)29-30-21-10-13-23(14-11-21)31(2)3/h6-15,17-18H,4-5,16H2,1-3H3. The lowest BCUT2D eigenvalue weighted by Gasteiger charge is -2.11. The molecule has 0 aliphatic rings. The summed E-state index contributed by atoms with van der Waals surface area (Å²) in [7, 11) is 3.97. The molecule has 0 bridgehead atoms. The van der Waals surface area contributed by atoms with Gasteiger partial charge in [-0.2, -0.15) is 10.2 Å². The van der Waals surface area contributed by atoms with Crippen molar-refractivity contribution < 1.29 is 13.9 Å². The van der Waals surface area contributed by atoms with E-state index >= 15 is 0 Å². The van der Waals surface area contributed by atoms with E-state index in [0.717, 1.165) is 29.8 Å². The van der Waals surface area contributed by atoms with Crippen molar-refractivity contribution in [2.24, 2.45) is 15.2 Å². The molecule has 0 heterocycles. The highest BCUT2D eigenvalue weighted by Crippen LogP contribution is 2.22. The van der Waals surface area contributed by atoms with Crippen LogP contribution in [0.2, 0.25) is 0 Å². The molecule has 0 radical (unpaired) electrons. The zero-order chi connectivity index (χ0) is 23.6. The van der Waals surface area contributed by atoms with E-state index < -0.39 is 11.8 Å². The zero-order valence-corrected chi connectivity index (χ0v) is 19.0. The number of carbonyl (C=O) groups is 1. The van der Waals surface area contributed by atoms with E-state index in [1.807, 2.05) is 74.4 Å². The monoisotopic (exact) mass is 446 g/mol. The lowest BCUT2D eigenvalue weighted by atomic mass is 10.2. The maximum atomic E-state index is 14.3. The van der Waals surface area contributed by atoms with Gasteiger partial charge in [-0.05, 0) is 60.5 Å². The lowest BCUT2D eigenvalue weighted by Crippen LogP contribution is -2.08. The highest BCUT2D eigenvalue weighted by atomic mass is 19.1. The number of rotatable bonds is 9. The van der Waals surface area contributed by atoms with Crippen LogP contribution < -0.4 is 4.90 Å². The molecule has 0 saturated carbocycles. The van der Waals surface area contributed by atoms with Crippen LogP contribution in [0.5, 0.6) is 0 Å². The molecule has 3 rings (SSSR count). The van der Waals surface area contributed by atoms with E-state index in [1.54, 1.807) is 12.3 Å². The van der Waals surface area contributed by atoms with Crippen LogP contribution in [0.3, 0.4) is 0 Å². The molecule has 0 fully saturated rings. The quantitative estimate of drug-likeness (QED) is 0.154. The lowest BCUT2D eigenvalue weighted by molar-refractivity contribution is 0.0494. The normalized spacial score (nSPS) is 11.3. The van der Waals surface area contributed by atoms with E-state index in [1.165, 1.54) is 12.1 Å². The van der Waals surface area contributed by atoms with Crippen LogP contribution in [0.1, 0.15) is 35.7 Å². The number of halogens is 1. The zero-order valence-electron chi connectivity index (χ0n) is 19.0. The summed E-state index contributed by atoms with van der Waals surface area (Å²) in [5, 5.41) is 8.50. The van der Waals surface area contributed by atoms with Gasteiger partial charge in [0.05, 0.1) is 29.2 Å². The molecule has 0 aromatic heterocycles. The number of nitrogens with zero attached hydrogens (tertiary/aromatic N) is 4. The Hall–Kier alpha value is -3.87. The average Bonchev–Trinajstić information content (AvgIpc) is 2.82. The van der Waals surface area contributed by atoms with Gasteiger partial charge in [-0.25, -0.2) is 9.18 Å². The Morgan fingerprint density at radius 1 is 0.939 bits per heavy atom. The van der Waals surface area contributed by atoms with E-state index in [0.29, 0.717) is 11.4 Å². The van der Waals surface area contributed by atoms with E-state index in [9.17, 15) is 9.18 Å². The molecule has 3 aromatic carbocycles. The van der Waals surface area contributed by atoms with Crippen molar-refractivity contribution in [2.75, 3.05) is 25.6 Å². The van der Waals surface area contributed by atoms with Crippen LogP contribution in [0.4, 0.5) is 27.1 Å². The summed E-state index contributed by atoms with van der Waals surface area (Å²) in [6.45, 7) is 2.28.